The second-order valence-electron chi connectivity index (χ2n) is 9.54. The molecule has 2 aromatic carbocycles. The van der Waals surface area contributed by atoms with E-state index in [1.165, 1.54) is 10.5 Å². The highest BCUT2D eigenvalue weighted by atomic mass is 16.5. The van der Waals surface area contributed by atoms with Crippen LogP contribution in [0.4, 0.5) is 4.79 Å². The van der Waals surface area contributed by atoms with Gasteiger partial charge in [0.15, 0.2) is 0 Å². The van der Waals surface area contributed by atoms with Crippen LogP contribution in [0.2, 0.25) is 0 Å². The topological polar surface area (TPSA) is 66.0 Å². The van der Waals surface area contributed by atoms with E-state index >= 15 is 0 Å². The first-order valence-corrected chi connectivity index (χ1v) is 12.5. The molecule has 3 aromatic rings. The monoisotopic (exact) mass is 484 g/mol. The maximum Gasteiger partial charge on any atom is 0.328 e. The summed E-state index contributed by atoms with van der Waals surface area (Å²) in [6.45, 7) is 3.04. The number of benzene rings is 2. The minimum atomic E-state index is -0.795. The van der Waals surface area contributed by atoms with Crippen LogP contribution < -0.4 is 4.74 Å². The first-order chi connectivity index (χ1) is 17.6. The lowest BCUT2D eigenvalue weighted by atomic mass is 9.85. The molecule has 5 rings (SSSR count). The van der Waals surface area contributed by atoms with Crippen LogP contribution in [0.1, 0.15) is 29.7 Å². The zero-order valence-corrected chi connectivity index (χ0v) is 20.7. The standard InChI is InChI=1S/C29H32N4O3/c1-36-26-12-10-24(11-13-26)21-31-19-15-29(16-20-31)27(34)32(22-25-9-5-6-17-30-25)28(35)33(29)18-14-23-7-3-2-4-8-23/h2-13,17H,14-16,18-22H2,1H3. The molecule has 0 saturated carbocycles. The van der Waals surface area contributed by atoms with Crippen LogP contribution in [0.3, 0.4) is 0 Å². The summed E-state index contributed by atoms with van der Waals surface area (Å²) in [6, 6.07) is 23.6. The van der Waals surface area contributed by atoms with Gasteiger partial charge in [-0.1, -0.05) is 48.5 Å². The Morgan fingerprint density at radius 3 is 2.25 bits per heavy atom. The molecule has 0 atom stereocenters. The van der Waals surface area contributed by atoms with Crippen molar-refractivity contribution >= 4 is 11.9 Å². The minimum absolute atomic E-state index is 0.0877. The van der Waals surface area contributed by atoms with Gasteiger partial charge in [0.25, 0.3) is 5.91 Å². The molecule has 0 bridgehead atoms. The average molecular weight is 485 g/mol. The molecule has 0 aliphatic carbocycles. The Bertz CT molecular complexity index is 1180. The predicted molar refractivity (Wildman–Crippen MR) is 137 cm³/mol. The number of carbonyl (C=O) groups is 2. The molecule has 0 unspecified atom stereocenters. The van der Waals surface area contributed by atoms with E-state index in [-0.39, 0.29) is 18.5 Å². The number of aromatic nitrogens is 1. The van der Waals surface area contributed by atoms with Crippen molar-refractivity contribution in [3.63, 3.8) is 0 Å². The average Bonchev–Trinajstić information content (AvgIpc) is 3.11. The van der Waals surface area contributed by atoms with Crippen LogP contribution in [0.5, 0.6) is 5.75 Å². The minimum Gasteiger partial charge on any atom is -0.497 e. The van der Waals surface area contributed by atoms with Gasteiger partial charge in [0, 0.05) is 32.4 Å². The summed E-state index contributed by atoms with van der Waals surface area (Å²) in [5.41, 5.74) is 2.29. The first-order valence-electron chi connectivity index (χ1n) is 12.5. The molecule has 1 spiro atoms. The quantitative estimate of drug-likeness (QED) is 0.450. The Balaban J connectivity index is 1.33. The van der Waals surface area contributed by atoms with Gasteiger partial charge in [-0.15, -0.1) is 0 Å². The van der Waals surface area contributed by atoms with Crippen molar-refractivity contribution < 1.29 is 14.3 Å². The summed E-state index contributed by atoms with van der Waals surface area (Å²) >= 11 is 0. The van der Waals surface area contributed by atoms with Crippen LogP contribution in [0.15, 0.2) is 79.0 Å². The molecule has 2 aliphatic heterocycles. The van der Waals surface area contributed by atoms with Crippen molar-refractivity contribution in [1.29, 1.82) is 0 Å². The summed E-state index contributed by atoms with van der Waals surface area (Å²) in [6.07, 6.45) is 3.66. The molecule has 186 valence electrons. The van der Waals surface area contributed by atoms with Crippen LogP contribution in [-0.4, -0.2) is 63.9 Å². The van der Waals surface area contributed by atoms with Gasteiger partial charge in [-0.3, -0.25) is 19.6 Å². The number of ether oxygens (including phenoxy) is 1. The van der Waals surface area contributed by atoms with Crippen LogP contribution >= 0.6 is 0 Å². The van der Waals surface area contributed by atoms with E-state index in [1.54, 1.807) is 13.3 Å². The number of carbonyl (C=O) groups excluding carboxylic acids is 2. The van der Waals surface area contributed by atoms with E-state index in [1.807, 2.05) is 53.4 Å². The van der Waals surface area contributed by atoms with Crippen LogP contribution in [-0.2, 0) is 24.3 Å². The Morgan fingerprint density at radius 1 is 0.861 bits per heavy atom. The Morgan fingerprint density at radius 2 is 1.58 bits per heavy atom. The Kier molecular flexibility index (Phi) is 7.00. The fraction of sp³-hybridized carbons (Fsp3) is 0.345. The van der Waals surface area contributed by atoms with Gasteiger partial charge in [-0.25, -0.2) is 4.79 Å². The van der Waals surface area contributed by atoms with Gasteiger partial charge in [0.05, 0.1) is 19.3 Å². The lowest BCUT2D eigenvalue weighted by Gasteiger charge is -2.42. The first kappa shape index (κ1) is 24.0. The number of piperidine rings is 1. The number of hydrogen-bond acceptors (Lipinski definition) is 5. The molecule has 7 heteroatoms. The molecule has 2 aliphatic rings. The maximum atomic E-state index is 13.9. The highest BCUT2D eigenvalue weighted by Gasteiger charge is 2.57. The van der Waals surface area contributed by atoms with Crippen LogP contribution in [0.25, 0.3) is 0 Å². The number of nitrogens with zero attached hydrogens (tertiary/aromatic N) is 4. The van der Waals surface area contributed by atoms with Gasteiger partial charge in [-0.2, -0.15) is 0 Å². The van der Waals surface area contributed by atoms with Crippen molar-refractivity contribution in [2.24, 2.45) is 0 Å². The smallest absolute Gasteiger partial charge is 0.328 e. The fourth-order valence-electron chi connectivity index (χ4n) is 5.32. The lowest BCUT2D eigenvalue weighted by Crippen LogP contribution is -2.56. The van der Waals surface area contributed by atoms with Gasteiger partial charge in [-0.05, 0) is 54.7 Å². The molecule has 0 radical (unpaired) electrons. The predicted octanol–water partition coefficient (Wildman–Crippen LogP) is 4.13. The van der Waals surface area contributed by atoms with E-state index in [9.17, 15) is 9.59 Å². The van der Waals surface area contributed by atoms with Crippen molar-refractivity contribution in [1.82, 2.24) is 19.7 Å². The van der Waals surface area contributed by atoms with Gasteiger partial charge in [0.2, 0.25) is 0 Å². The molecule has 2 saturated heterocycles. The number of rotatable bonds is 8. The maximum absolute atomic E-state index is 13.9. The Labute approximate surface area is 212 Å². The third kappa shape index (κ3) is 4.84. The molecule has 36 heavy (non-hydrogen) atoms. The second kappa shape index (κ2) is 10.5. The highest BCUT2D eigenvalue weighted by molar-refractivity contribution is 6.07. The number of methoxy groups -OCH3 is 1. The number of pyridine rings is 1. The summed E-state index contributed by atoms with van der Waals surface area (Å²) in [5, 5.41) is 0. The Hall–Kier alpha value is -3.71. The SMILES string of the molecule is COc1ccc(CN2CCC3(CC2)C(=O)N(Cc2ccccn2)C(=O)N3CCc2ccccc2)cc1. The number of imide groups is 1. The fourth-order valence-corrected chi connectivity index (χ4v) is 5.32. The summed E-state index contributed by atoms with van der Waals surface area (Å²) in [5.74, 6) is 0.753. The summed E-state index contributed by atoms with van der Waals surface area (Å²) < 4.78 is 5.27. The molecule has 0 N–H and O–H groups in total. The molecule has 3 amide bonds. The van der Waals surface area contributed by atoms with E-state index in [0.29, 0.717) is 25.8 Å². The molecule has 3 heterocycles. The van der Waals surface area contributed by atoms with Crippen molar-refractivity contribution in [3.8, 4) is 5.75 Å². The number of urea groups is 1. The van der Waals surface area contributed by atoms with Crippen molar-refractivity contribution in [2.75, 3.05) is 26.7 Å². The number of hydrogen-bond donors (Lipinski definition) is 0. The van der Waals surface area contributed by atoms with Crippen molar-refractivity contribution in [2.45, 2.75) is 37.9 Å². The van der Waals surface area contributed by atoms with Gasteiger partial charge in [0.1, 0.15) is 11.3 Å². The zero-order chi connectivity index (χ0) is 25.0. The molecular formula is C29H32N4O3. The third-order valence-corrected chi connectivity index (χ3v) is 7.38. The summed E-state index contributed by atoms with van der Waals surface area (Å²) in [7, 11) is 1.67. The van der Waals surface area contributed by atoms with Crippen molar-refractivity contribution in [3.05, 3.63) is 95.8 Å². The lowest BCUT2D eigenvalue weighted by molar-refractivity contribution is -0.136. The third-order valence-electron chi connectivity index (χ3n) is 7.38. The number of likely N-dealkylation sites (tertiary alicyclic amines) is 1. The summed E-state index contributed by atoms with van der Waals surface area (Å²) in [4.78, 5) is 37.5. The van der Waals surface area contributed by atoms with Gasteiger partial charge < -0.3 is 9.64 Å². The second-order valence-corrected chi connectivity index (χ2v) is 9.54. The molecule has 1 aromatic heterocycles. The largest absolute Gasteiger partial charge is 0.497 e. The zero-order valence-electron chi connectivity index (χ0n) is 20.7. The number of amides is 3. The highest BCUT2D eigenvalue weighted by Crippen LogP contribution is 2.38. The van der Waals surface area contributed by atoms with E-state index < -0.39 is 5.54 Å². The van der Waals surface area contributed by atoms with E-state index in [4.69, 9.17) is 4.74 Å². The molecule has 2 fully saturated rings. The van der Waals surface area contributed by atoms with E-state index in [2.05, 4.69) is 34.1 Å². The molecule has 7 nitrogen and oxygen atoms in total. The van der Waals surface area contributed by atoms with Crippen LogP contribution in [0, 0.1) is 0 Å². The normalized spacial score (nSPS) is 17.7. The van der Waals surface area contributed by atoms with E-state index in [0.717, 1.165) is 36.6 Å². The van der Waals surface area contributed by atoms with Gasteiger partial charge >= 0.3 is 6.03 Å². The molecular weight excluding hydrogens is 452 g/mol.